The van der Waals surface area contributed by atoms with Gasteiger partial charge in [-0.05, 0) is 30.7 Å². The number of rotatable bonds is 4. The Labute approximate surface area is 138 Å². The van der Waals surface area contributed by atoms with Crippen molar-refractivity contribution in [2.75, 3.05) is 0 Å². The highest BCUT2D eigenvalue weighted by Crippen LogP contribution is 2.21. The smallest absolute Gasteiger partial charge is 0.309 e. The van der Waals surface area contributed by atoms with Gasteiger partial charge in [0.05, 0.1) is 0 Å². The lowest BCUT2D eigenvalue weighted by Crippen LogP contribution is -2.23. The van der Waals surface area contributed by atoms with Crippen LogP contribution < -0.4 is 5.32 Å². The van der Waals surface area contributed by atoms with Crippen LogP contribution in [0.2, 0.25) is 5.02 Å². The number of halogens is 1. The van der Waals surface area contributed by atoms with Gasteiger partial charge in [-0.25, -0.2) is 0 Å². The first kappa shape index (κ1) is 15.2. The van der Waals surface area contributed by atoms with Crippen LogP contribution in [0, 0.1) is 6.92 Å². The van der Waals surface area contributed by atoms with Crippen molar-refractivity contribution < 1.29 is 9.21 Å². The SMILES string of the molecule is Cc1ccc(CNC(=O)c2nnc(-c3cccc(Cl)c3)o2)cc1. The van der Waals surface area contributed by atoms with Crippen molar-refractivity contribution in [2.24, 2.45) is 0 Å². The zero-order valence-corrected chi connectivity index (χ0v) is 13.2. The van der Waals surface area contributed by atoms with Crippen molar-refractivity contribution in [3.63, 3.8) is 0 Å². The summed E-state index contributed by atoms with van der Waals surface area (Å²) in [4.78, 5) is 12.1. The molecule has 3 aromatic rings. The summed E-state index contributed by atoms with van der Waals surface area (Å²) in [5.41, 5.74) is 2.84. The Kier molecular flexibility index (Phi) is 4.39. The minimum atomic E-state index is -0.411. The highest BCUT2D eigenvalue weighted by Gasteiger charge is 2.15. The maximum Gasteiger partial charge on any atom is 0.309 e. The molecule has 1 aromatic heterocycles. The third-order valence-electron chi connectivity index (χ3n) is 3.26. The second-order valence-electron chi connectivity index (χ2n) is 5.09. The van der Waals surface area contributed by atoms with E-state index in [1.165, 1.54) is 5.56 Å². The van der Waals surface area contributed by atoms with Crippen molar-refractivity contribution >= 4 is 17.5 Å². The Bertz CT molecular complexity index is 828. The quantitative estimate of drug-likeness (QED) is 0.794. The molecule has 23 heavy (non-hydrogen) atoms. The number of hydrogen-bond donors (Lipinski definition) is 1. The van der Waals surface area contributed by atoms with Gasteiger partial charge >= 0.3 is 11.8 Å². The van der Waals surface area contributed by atoms with Gasteiger partial charge in [-0.15, -0.1) is 10.2 Å². The number of benzene rings is 2. The Morgan fingerprint density at radius 1 is 1.17 bits per heavy atom. The second-order valence-corrected chi connectivity index (χ2v) is 5.53. The lowest BCUT2D eigenvalue weighted by Gasteiger charge is -2.03. The lowest BCUT2D eigenvalue weighted by atomic mass is 10.1. The van der Waals surface area contributed by atoms with Gasteiger partial charge in [0.25, 0.3) is 0 Å². The van der Waals surface area contributed by atoms with Crippen LogP contribution in [0.3, 0.4) is 0 Å². The van der Waals surface area contributed by atoms with Gasteiger partial charge < -0.3 is 9.73 Å². The summed E-state index contributed by atoms with van der Waals surface area (Å²) in [5.74, 6) is -0.230. The van der Waals surface area contributed by atoms with Crippen molar-refractivity contribution in [3.8, 4) is 11.5 Å². The summed E-state index contributed by atoms with van der Waals surface area (Å²) < 4.78 is 5.40. The molecule has 116 valence electrons. The number of nitrogens with zero attached hydrogens (tertiary/aromatic N) is 2. The van der Waals surface area contributed by atoms with E-state index in [1.807, 2.05) is 31.2 Å². The number of amides is 1. The average molecular weight is 328 g/mol. The zero-order chi connectivity index (χ0) is 16.2. The van der Waals surface area contributed by atoms with Gasteiger partial charge in [-0.2, -0.15) is 0 Å². The number of carbonyl (C=O) groups is 1. The zero-order valence-electron chi connectivity index (χ0n) is 12.4. The Hall–Kier alpha value is -2.66. The van der Waals surface area contributed by atoms with Crippen LogP contribution in [0.1, 0.15) is 21.8 Å². The second kappa shape index (κ2) is 6.62. The van der Waals surface area contributed by atoms with Gasteiger partial charge in [0, 0.05) is 17.1 Å². The molecule has 0 fully saturated rings. The standard InChI is InChI=1S/C17H14ClN3O2/c1-11-5-7-12(8-6-11)10-19-15(22)17-21-20-16(23-17)13-3-2-4-14(18)9-13/h2-9H,10H2,1H3,(H,19,22). The molecule has 0 bridgehead atoms. The first-order valence-electron chi connectivity index (χ1n) is 7.05. The molecular formula is C17H14ClN3O2. The predicted octanol–water partition coefficient (Wildman–Crippen LogP) is 3.63. The van der Waals surface area contributed by atoms with Crippen molar-refractivity contribution in [3.05, 3.63) is 70.6 Å². The molecule has 0 atom stereocenters. The molecule has 0 aliphatic rings. The van der Waals surface area contributed by atoms with E-state index in [-0.39, 0.29) is 11.8 Å². The molecule has 1 heterocycles. The molecule has 1 amide bonds. The Balaban J connectivity index is 1.67. The largest absolute Gasteiger partial charge is 0.412 e. The maximum atomic E-state index is 12.1. The van der Waals surface area contributed by atoms with Crippen molar-refractivity contribution in [2.45, 2.75) is 13.5 Å². The van der Waals surface area contributed by atoms with E-state index in [2.05, 4.69) is 15.5 Å². The summed E-state index contributed by atoms with van der Waals surface area (Å²) in [7, 11) is 0. The summed E-state index contributed by atoms with van der Waals surface area (Å²) in [6.07, 6.45) is 0. The van der Waals surface area contributed by atoms with Gasteiger partial charge in [-0.3, -0.25) is 4.79 Å². The van der Waals surface area contributed by atoms with Crippen LogP contribution in [-0.2, 0) is 6.54 Å². The Morgan fingerprint density at radius 2 is 1.96 bits per heavy atom. The summed E-state index contributed by atoms with van der Waals surface area (Å²) in [6, 6.07) is 14.9. The lowest BCUT2D eigenvalue weighted by molar-refractivity contribution is 0.0917. The third-order valence-corrected chi connectivity index (χ3v) is 3.50. The number of aryl methyl sites for hydroxylation is 1. The molecule has 0 saturated carbocycles. The molecule has 0 aliphatic carbocycles. The number of nitrogens with one attached hydrogen (secondary N) is 1. The van der Waals surface area contributed by atoms with Crippen LogP contribution in [0.5, 0.6) is 0 Å². The topological polar surface area (TPSA) is 68.0 Å². The van der Waals surface area contributed by atoms with Gasteiger partial charge in [-0.1, -0.05) is 47.5 Å². The first-order chi connectivity index (χ1) is 11.1. The van der Waals surface area contributed by atoms with E-state index in [1.54, 1.807) is 24.3 Å². The highest BCUT2D eigenvalue weighted by molar-refractivity contribution is 6.30. The fraction of sp³-hybridized carbons (Fsp3) is 0.118. The molecule has 0 spiro atoms. The molecule has 5 nitrogen and oxygen atoms in total. The fourth-order valence-corrected chi connectivity index (χ4v) is 2.21. The van der Waals surface area contributed by atoms with Crippen LogP contribution in [-0.4, -0.2) is 16.1 Å². The van der Waals surface area contributed by atoms with Gasteiger partial charge in [0.15, 0.2) is 0 Å². The molecule has 3 rings (SSSR count). The maximum absolute atomic E-state index is 12.1. The van der Waals surface area contributed by atoms with Crippen LogP contribution in [0.4, 0.5) is 0 Å². The summed E-state index contributed by atoms with van der Waals surface area (Å²) in [6.45, 7) is 2.41. The Morgan fingerprint density at radius 3 is 2.70 bits per heavy atom. The number of carbonyl (C=O) groups excluding carboxylic acids is 1. The predicted molar refractivity (Wildman–Crippen MR) is 87.1 cm³/mol. The average Bonchev–Trinajstić information content (AvgIpc) is 3.04. The van der Waals surface area contributed by atoms with E-state index < -0.39 is 5.91 Å². The fourth-order valence-electron chi connectivity index (χ4n) is 2.02. The monoisotopic (exact) mass is 327 g/mol. The minimum absolute atomic E-state index is 0.0768. The van der Waals surface area contributed by atoms with Crippen molar-refractivity contribution in [1.82, 2.24) is 15.5 Å². The molecule has 2 aromatic carbocycles. The number of aromatic nitrogens is 2. The first-order valence-corrected chi connectivity index (χ1v) is 7.43. The molecule has 0 saturated heterocycles. The molecule has 0 aliphatic heterocycles. The van der Waals surface area contributed by atoms with Gasteiger partial charge in [0.1, 0.15) is 0 Å². The molecule has 1 N–H and O–H groups in total. The van der Waals surface area contributed by atoms with Crippen LogP contribution in [0.25, 0.3) is 11.5 Å². The van der Waals surface area contributed by atoms with Gasteiger partial charge in [0.2, 0.25) is 5.89 Å². The number of hydrogen-bond acceptors (Lipinski definition) is 4. The summed E-state index contributed by atoms with van der Waals surface area (Å²) in [5, 5.41) is 11.0. The van der Waals surface area contributed by atoms with E-state index >= 15 is 0 Å². The highest BCUT2D eigenvalue weighted by atomic mass is 35.5. The van der Waals surface area contributed by atoms with E-state index in [0.717, 1.165) is 5.56 Å². The third kappa shape index (κ3) is 3.76. The van der Waals surface area contributed by atoms with Crippen molar-refractivity contribution in [1.29, 1.82) is 0 Å². The normalized spacial score (nSPS) is 10.5. The van der Waals surface area contributed by atoms with E-state index in [9.17, 15) is 4.79 Å². The minimum Gasteiger partial charge on any atom is -0.412 e. The van der Waals surface area contributed by atoms with E-state index in [0.29, 0.717) is 17.1 Å². The summed E-state index contributed by atoms with van der Waals surface area (Å²) >= 11 is 5.92. The molecule has 0 radical (unpaired) electrons. The van der Waals surface area contributed by atoms with E-state index in [4.69, 9.17) is 16.0 Å². The molecule has 0 unspecified atom stereocenters. The van der Waals surface area contributed by atoms with Crippen LogP contribution in [0.15, 0.2) is 52.9 Å². The van der Waals surface area contributed by atoms with Crippen LogP contribution >= 0.6 is 11.6 Å². The molecular weight excluding hydrogens is 314 g/mol. The molecule has 6 heteroatoms.